The molecule has 138 valence electrons. The summed E-state index contributed by atoms with van der Waals surface area (Å²) in [7, 11) is 1.66. The maximum absolute atomic E-state index is 12.6. The number of methoxy groups -OCH3 is 1. The van der Waals surface area contributed by atoms with Gasteiger partial charge in [-0.15, -0.1) is 23.5 Å². The summed E-state index contributed by atoms with van der Waals surface area (Å²) in [6.07, 6.45) is 1.64. The first kappa shape index (κ1) is 19.7. The van der Waals surface area contributed by atoms with E-state index in [1.165, 1.54) is 6.42 Å². The highest BCUT2D eigenvalue weighted by atomic mass is 32.2. The third-order valence-electron chi connectivity index (χ3n) is 4.03. The van der Waals surface area contributed by atoms with Gasteiger partial charge in [-0.3, -0.25) is 4.79 Å². The summed E-state index contributed by atoms with van der Waals surface area (Å²) >= 11 is 3.92. The molecular formula is C16H28N2O4S2. The lowest BCUT2D eigenvalue weighted by atomic mass is 10.2. The van der Waals surface area contributed by atoms with E-state index in [1.54, 1.807) is 7.11 Å². The summed E-state index contributed by atoms with van der Waals surface area (Å²) in [4.78, 5) is 26.1. The quantitative estimate of drug-likeness (QED) is 0.766. The number of likely N-dealkylation sites (tertiary alicyclic amines) is 1. The number of carbonyl (C=O) groups is 2. The van der Waals surface area contributed by atoms with Crippen LogP contribution in [0.15, 0.2) is 0 Å². The molecule has 2 fully saturated rings. The van der Waals surface area contributed by atoms with Crippen LogP contribution in [0.4, 0.5) is 4.79 Å². The van der Waals surface area contributed by atoms with Crippen molar-refractivity contribution in [1.29, 1.82) is 0 Å². The predicted molar refractivity (Wildman–Crippen MR) is 98.4 cm³/mol. The predicted octanol–water partition coefficient (Wildman–Crippen LogP) is 2.18. The number of carbonyl (C=O) groups excluding carboxylic acids is 2. The Morgan fingerprint density at radius 2 is 2.04 bits per heavy atom. The van der Waals surface area contributed by atoms with Gasteiger partial charge in [-0.05, 0) is 30.3 Å². The molecule has 6 nitrogen and oxygen atoms in total. The number of hydrogen-bond acceptors (Lipinski definition) is 6. The van der Waals surface area contributed by atoms with Gasteiger partial charge >= 0.3 is 6.09 Å². The number of ether oxygens (including phenoxy) is 2. The van der Waals surface area contributed by atoms with E-state index in [-0.39, 0.29) is 28.5 Å². The van der Waals surface area contributed by atoms with Crippen LogP contribution in [-0.2, 0) is 14.3 Å². The average Bonchev–Trinajstić information content (AvgIpc) is 2.89. The van der Waals surface area contributed by atoms with E-state index in [4.69, 9.17) is 9.47 Å². The second kappa shape index (κ2) is 9.20. The average molecular weight is 377 g/mol. The Morgan fingerprint density at radius 3 is 2.67 bits per heavy atom. The van der Waals surface area contributed by atoms with Crippen LogP contribution >= 0.6 is 23.5 Å². The van der Waals surface area contributed by atoms with Crippen molar-refractivity contribution in [2.24, 2.45) is 5.92 Å². The molecule has 2 aliphatic rings. The van der Waals surface area contributed by atoms with Crippen molar-refractivity contribution in [2.45, 2.75) is 36.8 Å². The number of alkyl carbamates (subject to hydrolysis) is 1. The van der Waals surface area contributed by atoms with Gasteiger partial charge in [-0.1, -0.05) is 13.8 Å². The summed E-state index contributed by atoms with van der Waals surface area (Å²) in [5.74, 6) is 2.50. The molecule has 24 heavy (non-hydrogen) atoms. The van der Waals surface area contributed by atoms with E-state index < -0.39 is 6.09 Å². The molecule has 0 bridgehead atoms. The molecule has 2 amide bonds. The van der Waals surface area contributed by atoms with Crippen LogP contribution in [0.25, 0.3) is 0 Å². The van der Waals surface area contributed by atoms with Gasteiger partial charge < -0.3 is 19.7 Å². The summed E-state index contributed by atoms with van der Waals surface area (Å²) in [5, 5.41) is 2.56. The van der Waals surface area contributed by atoms with Crippen molar-refractivity contribution < 1.29 is 19.1 Å². The second-order valence-corrected chi connectivity index (χ2v) is 9.86. The molecule has 2 saturated heterocycles. The van der Waals surface area contributed by atoms with Crippen LogP contribution in [0.5, 0.6) is 0 Å². The second-order valence-electron chi connectivity index (χ2n) is 6.64. The molecule has 1 atom stereocenters. The van der Waals surface area contributed by atoms with Crippen LogP contribution in [0.2, 0.25) is 0 Å². The normalized spacial score (nSPS) is 22.8. The molecule has 1 N–H and O–H groups in total. The first-order chi connectivity index (χ1) is 11.5. The zero-order valence-electron chi connectivity index (χ0n) is 14.7. The summed E-state index contributed by atoms with van der Waals surface area (Å²) in [6, 6.07) is 0.0779. The fourth-order valence-corrected chi connectivity index (χ4v) is 6.34. The molecule has 2 aliphatic heterocycles. The number of rotatable bonds is 6. The molecular weight excluding hydrogens is 348 g/mol. The molecule has 0 aliphatic carbocycles. The minimum absolute atomic E-state index is 0.0252. The summed E-state index contributed by atoms with van der Waals surface area (Å²) in [6.45, 7) is 5.52. The summed E-state index contributed by atoms with van der Waals surface area (Å²) in [5.41, 5.74) is 0. The lowest BCUT2D eigenvalue weighted by Gasteiger charge is -2.31. The van der Waals surface area contributed by atoms with Gasteiger partial charge in [0.2, 0.25) is 5.91 Å². The van der Waals surface area contributed by atoms with Gasteiger partial charge in [0.15, 0.2) is 0 Å². The van der Waals surface area contributed by atoms with Crippen LogP contribution in [0.1, 0.15) is 26.7 Å². The SMILES string of the molecule is COC[C@@H]1CC2(CN1C(=O)CNC(=O)OCC(C)C)SCCCS2. The van der Waals surface area contributed by atoms with E-state index in [1.807, 2.05) is 42.3 Å². The van der Waals surface area contributed by atoms with Crippen molar-refractivity contribution in [1.82, 2.24) is 10.2 Å². The minimum atomic E-state index is -0.532. The first-order valence-electron chi connectivity index (χ1n) is 8.43. The van der Waals surface area contributed by atoms with E-state index in [0.717, 1.165) is 24.5 Å². The molecule has 0 radical (unpaired) electrons. The van der Waals surface area contributed by atoms with E-state index in [2.05, 4.69) is 5.32 Å². The van der Waals surface area contributed by atoms with Crippen molar-refractivity contribution >= 4 is 35.5 Å². The third-order valence-corrected chi connectivity index (χ3v) is 7.37. The highest BCUT2D eigenvalue weighted by Crippen LogP contribution is 2.50. The summed E-state index contributed by atoms with van der Waals surface area (Å²) < 4.78 is 10.4. The van der Waals surface area contributed by atoms with Crippen LogP contribution in [0.3, 0.4) is 0 Å². The van der Waals surface area contributed by atoms with Crippen LogP contribution in [0, 0.1) is 5.92 Å². The van der Waals surface area contributed by atoms with Gasteiger partial charge in [0.1, 0.15) is 6.54 Å². The molecule has 2 rings (SSSR count). The molecule has 0 aromatic rings. The van der Waals surface area contributed by atoms with Crippen LogP contribution in [-0.4, -0.2) is 71.9 Å². The first-order valence-corrected chi connectivity index (χ1v) is 10.4. The number of nitrogens with zero attached hydrogens (tertiary/aromatic N) is 1. The molecule has 8 heteroatoms. The standard InChI is InChI=1S/C16H28N2O4S2/c1-12(2)9-22-15(20)17-8-14(19)18-11-16(7-13(18)10-21-3)23-5-4-6-24-16/h12-13H,4-11H2,1-3H3,(H,17,20)/t13-/m0/s1. The number of nitrogens with one attached hydrogen (secondary N) is 1. The van der Waals surface area contributed by atoms with Gasteiger partial charge in [-0.25, -0.2) is 4.79 Å². The van der Waals surface area contributed by atoms with Crippen molar-refractivity contribution in [3.8, 4) is 0 Å². The number of thioether (sulfide) groups is 2. The van der Waals surface area contributed by atoms with E-state index in [0.29, 0.717) is 13.2 Å². The van der Waals surface area contributed by atoms with Gasteiger partial charge in [0, 0.05) is 13.7 Å². The Hall–Kier alpha value is -0.600. The highest BCUT2D eigenvalue weighted by Gasteiger charge is 2.47. The highest BCUT2D eigenvalue weighted by molar-refractivity contribution is 8.18. The Bertz CT molecular complexity index is 442. The Morgan fingerprint density at radius 1 is 1.33 bits per heavy atom. The van der Waals surface area contributed by atoms with E-state index in [9.17, 15) is 9.59 Å². The molecule has 2 heterocycles. The van der Waals surface area contributed by atoms with Crippen molar-refractivity contribution in [3.05, 3.63) is 0 Å². The molecule has 0 aromatic carbocycles. The van der Waals surface area contributed by atoms with Crippen LogP contribution < -0.4 is 5.32 Å². The maximum Gasteiger partial charge on any atom is 0.407 e. The molecule has 0 saturated carbocycles. The Balaban J connectivity index is 1.87. The van der Waals surface area contributed by atoms with Gasteiger partial charge in [0.05, 0.1) is 23.3 Å². The zero-order valence-corrected chi connectivity index (χ0v) is 16.3. The largest absolute Gasteiger partial charge is 0.449 e. The molecule has 0 aromatic heterocycles. The van der Waals surface area contributed by atoms with Crippen molar-refractivity contribution in [3.63, 3.8) is 0 Å². The lowest BCUT2D eigenvalue weighted by Crippen LogP contribution is -2.45. The van der Waals surface area contributed by atoms with E-state index >= 15 is 0 Å². The topological polar surface area (TPSA) is 67.9 Å². The Labute approximate surface area is 152 Å². The third kappa shape index (κ3) is 5.46. The van der Waals surface area contributed by atoms with Crippen molar-refractivity contribution in [2.75, 3.05) is 44.9 Å². The zero-order chi connectivity index (χ0) is 17.6. The molecule has 0 unspecified atom stereocenters. The molecule has 1 spiro atoms. The number of hydrogen-bond donors (Lipinski definition) is 1. The minimum Gasteiger partial charge on any atom is -0.449 e. The monoisotopic (exact) mass is 376 g/mol. The Kier molecular flexibility index (Phi) is 7.56. The fourth-order valence-electron chi connectivity index (χ4n) is 2.92. The van der Waals surface area contributed by atoms with Gasteiger partial charge in [0.25, 0.3) is 0 Å². The smallest absolute Gasteiger partial charge is 0.407 e. The maximum atomic E-state index is 12.6. The number of amides is 2. The van der Waals surface area contributed by atoms with Gasteiger partial charge in [-0.2, -0.15) is 0 Å². The fraction of sp³-hybridized carbons (Fsp3) is 0.875. The lowest BCUT2D eigenvalue weighted by molar-refractivity contribution is -0.131.